The molecular formula is C21H23F3N6O4S. The molecule has 0 saturated heterocycles. The molecule has 1 aromatic carbocycles. The number of rotatable bonds is 8. The Bertz CT molecular complexity index is 1390. The van der Waals surface area contributed by atoms with Gasteiger partial charge in [0.15, 0.2) is 11.9 Å². The monoisotopic (exact) mass is 512 g/mol. The maximum atomic E-state index is 13.9. The SMILES string of the molecule is Cc1c(C(=O)N=S(C)(C)=O)cn2ncnc(Nc3ccc(F)cc3O[C@H](C)C(=O)NCC(F)F)c12. The summed E-state index contributed by atoms with van der Waals surface area (Å²) in [5, 5.41) is 9.08. The van der Waals surface area contributed by atoms with Crippen LogP contribution in [0.2, 0.25) is 0 Å². The van der Waals surface area contributed by atoms with Crippen LogP contribution in [0.5, 0.6) is 5.75 Å². The molecule has 0 aliphatic heterocycles. The fraction of sp³-hybridized carbons (Fsp3) is 0.333. The number of hydrogen-bond acceptors (Lipinski definition) is 7. The Hall–Kier alpha value is -3.68. The molecule has 0 radical (unpaired) electrons. The van der Waals surface area contributed by atoms with E-state index in [0.717, 1.165) is 12.1 Å². The van der Waals surface area contributed by atoms with Crippen molar-refractivity contribution < 1.29 is 31.7 Å². The summed E-state index contributed by atoms with van der Waals surface area (Å²) in [6, 6.07) is 3.51. The molecule has 188 valence electrons. The number of aromatic nitrogens is 3. The summed E-state index contributed by atoms with van der Waals surface area (Å²) in [7, 11) is -2.68. The topological polar surface area (TPSA) is 127 Å². The Morgan fingerprint density at radius 2 is 2.00 bits per heavy atom. The second kappa shape index (κ2) is 10.3. The number of carbonyl (C=O) groups is 2. The number of nitrogens with zero attached hydrogens (tertiary/aromatic N) is 4. The van der Waals surface area contributed by atoms with E-state index in [-0.39, 0.29) is 22.8 Å². The van der Waals surface area contributed by atoms with E-state index in [4.69, 9.17) is 4.74 Å². The number of anilines is 2. The standard InChI is InChI=1S/C21H23F3N6O4S/c1-11-14(21(32)29-35(3,4)33)9-30-18(11)19(26-10-27-30)28-15-6-5-13(22)7-16(15)34-12(2)20(31)25-8-17(23)24/h5-7,9-10,12,17H,8H2,1-4H3,(H,25,31)(H,26,27,28)/t12-/m1/s1. The summed E-state index contributed by atoms with van der Waals surface area (Å²) in [4.78, 5) is 28.7. The van der Waals surface area contributed by atoms with Crippen LogP contribution < -0.4 is 15.4 Å². The third kappa shape index (κ3) is 6.47. The van der Waals surface area contributed by atoms with E-state index in [1.807, 2.05) is 5.32 Å². The first-order valence-electron chi connectivity index (χ1n) is 10.2. The summed E-state index contributed by atoms with van der Waals surface area (Å²) >= 11 is 0. The molecule has 1 atom stereocenters. The molecule has 0 aliphatic carbocycles. The normalized spacial score (nSPS) is 12.5. The molecule has 2 N–H and O–H groups in total. The number of amides is 2. The molecule has 10 nitrogen and oxygen atoms in total. The number of aryl methyl sites for hydroxylation is 1. The van der Waals surface area contributed by atoms with Crippen molar-refractivity contribution in [2.45, 2.75) is 26.4 Å². The van der Waals surface area contributed by atoms with Gasteiger partial charge in [-0.15, -0.1) is 0 Å². The van der Waals surface area contributed by atoms with Crippen molar-refractivity contribution in [1.29, 1.82) is 0 Å². The van der Waals surface area contributed by atoms with Crippen molar-refractivity contribution in [3.05, 3.63) is 47.7 Å². The molecule has 0 aliphatic rings. The van der Waals surface area contributed by atoms with Gasteiger partial charge < -0.3 is 15.4 Å². The molecular weight excluding hydrogens is 489 g/mol. The molecule has 2 amide bonds. The van der Waals surface area contributed by atoms with E-state index >= 15 is 0 Å². The second-order valence-electron chi connectivity index (χ2n) is 7.81. The first-order chi connectivity index (χ1) is 16.4. The molecule has 3 rings (SSSR count). The quantitative estimate of drug-likeness (QED) is 0.475. The number of halogens is 3. The molecule has 35 heavy (non-hydrogen) atoms. The number of carbonyl (C=O) groups excluding carboxylic acids is 2. The second-order valence-corrected chi connectivity index (χ2v) is 10.4. The lowest BCUT2D eigenvalue weighted by Crippen LogP contribution is -2.38. The van der Waals surface area contributed by atoms with Gasteiger partial charge in [0.2, 0.25) is 0 Å². The van der Waals surface area contributed by atoms with Crippen LogP contribution in [0.25, 0.3) is 5.52 Å². The van der Waals surface area contributed by atoms with Crippen molar-refractivity contribution in [3.63, 3.8) is 0 Å². The fourth-order valence-corrected chi connectivity index (χ4v) is 3.60. The van der Waals surface area contributed by atoms with Crippen LogP contribution in [-0.4, -0.2) is 62.2 Å². The van der Waals surface area contributed by atoms with Gasteiger partial charge in [0.05, 0.1) is 17.8 Å². The van der Waals surface area contributed by atoms with E-state index in [9.17, 15) is 27.0 Å². The number of alkyl halides is 2. The fourth-order valence-electron chi connectivity index (χ4n) is 3.11. The van der Waals surface area contributed by atoms with Crippen molar-refractivity contribution in [1.82, 2.24) is 19.9 Å². The first kappa shape index (κ1) is 25.9. The van der Waals surface area contributed by atoms with Gasteiger partial charge in [-0.05, 0) is 31.5 Å². The highest BCUT2D eigenvalue weighted by Gasteiger charge is 2.21. The average Bonchev–Trinajstić information content (AvgIpc) is 3.10. The van der Waals surface area contributed by atoms with Gasteiger partial charge in [-0.25, -0.2) is 26.9 Å². The van der Waals surface area contributed by atoms with Crippen LogP contribution in [0.3, 0.4) is 0 Å². The van der Waals surface area contributed by atoms with Crippen molar-refractivity contribution >= 4 is 38.6 Å². The molecule has 2 heterocycles. The highest BCUT2D eigenvalue weighted by molar-refractivity contribution is 7.92. The molecule has 0 spiro atoms. The van der Waals surface area contributed by atoms with Crippen molar-refractivity contribution in [2.24, 2.45) is 4.36 Å². The Morgan fingerprint density at radius 3 is 2.66 bits per heavy atom. The van der Waals surface area contributed by atoms with Crippen molar-refractivity contribution in [3.8, 4) is 5.75 Å². The van der Waals surface area contributed by atoms with Crippen LogP contribution in [-0.2, 0) is 14.5 Å². The van der Waals surface area contributed by atoms with Crippen LogP contribution in [0.15, 0.2) is 35.1 Å². The van der Waals surface area contributed by atoms with E-state index in [1.54, 1.807) is 6.92 Å². The Balaban J connectivity index is 1.95. The van der Waals surface area contributed by atoms with Gasteiger partial charge in [-0.3, -0.25) is 9.59 Å². The van der Waals surface area contributed by atoms with Gasteiger partial charge >= 0.3 is 0 Å². The molecule has 0 unspecified atom stereocenters. The number of ether oxygens (including phenoxy) is 1. The largest absolute Gasteiger partial charge is 0.479 e. The summed E-state index contributed by atoms with van der Waals surface area (Å²) in [5.41, 5.74) is 1.23. The summed E-state index contributed by atoms with van der Waals surface area (Å²) < 4.78 is 61.2. The predicted molar refractivity (Wildman–Crippen MR) is 123 cm³/mol. The van der Waals surface area contributed by atoms with Crippen LogP contribution in [0.4, 0.5) is 24.7 Å². The highest BCUT2D eigenvalue weighted by atomic mass is 32.2. The van der Waals surface area contributed by atoms with Crippen LogP contribution in [0, 0.1) is 12.7 Å². The zero-order valence-corrected chi connectivity index (χ0v) is 20.0. The zero-order valence-electron chi connectivity index (χ0n) is 19.2. The Kier molecular flexibility index (Phi) is 7.63. The predicted octanol–water partition coefficient (Wildman–Crippen LogP) is 2.94. The average molecular weight is 513 g/mol. The number of nitrogens with one attached hydrogen (secondary N) is 2. The summed E-state index contributed by atoms with van der Waals surface area (Å²) in [6.07, 6.45) is 1.38. The zero-order chi connectivity index (χ0) is 25.9. The molecule has 2 aromatic heterocycles. The third-order valence-corrected chi connectivity index (χ3v) is 5.27. The minimum absolute atomic E-state index is 0.0753. The van der Waals surface area contributed by atoms with Crippen LogP contribution >= 0.6 is 0 Å². The van der Waals surface area contributed by atoms with Gasteiger partial charge in [-0.2, -0.15) is 9.46 Å². The third-order valence-electron chi connectivity index (χ3n) is 4.66. The number of hydrogen-bond donors (Lipinski definition) is 2. The van der Waals surface area contributed by atoms with Gasteiger partial charge in [0.1, 0.15) is 23.4 Å². The lowest BCUT2D eigenvalue weighted by molar-refractivity contribution is -0.127. The molecule has 14 heteroatoms. The van der Waals surface area contributed by atoms with Gasteiger partial charge in [0, 0.05) is 34.5 Å². The maximum absolute atomic E-state index is 13.9. The van der Waals surface area contributed by atoms with E-state index < -0.39 is 46.4 Å². The molecule has 0 bridgehead atoms. The minimum atomic E-state index is -2.73. The van der Waals surface area contributed by atoms with Gasteiger partial charge in [-0.1, -0.05) is 0 Å². The minimum Gasteiger partial charge on any atom is -0.479 e. The smallest absolute Gasteiger partial charge is 0.286 e. The highest BCUT2D eigenvalue weighted by Crippen LogP contribution is 2.32. The van der Waals surface area contributed by atoms with E-state index in [1.165, 1.54) is 42.5 Å². The first-order valence-corrected chi connectivity index (χ1v) is 12.5. The van der Waals surface area contributed by atoms with Crippen LogP contribution in [0.1, 0.15) is 22.8 Å². The lowest BCUT2D eigenvalue weighted by atomic mass is 10.2. The lowest BCUT2D eigenvalue weighted by Gasteiger charge is -2.18. The Labute approximate surface area is 199 Å². The summed E-state index contributed by atoms with van der Waals surface area (Å²) in [5.74, 6) is -1.99. The molecule has 3 aromatic rings. The Morgan fingerprint density at radius 1 is 1.29 bits per heavy atom. The van der Waals surface area contributed by atoms with E-state index in [2.05, 4.69) is 19.8 Å². The maximum Gasteiger partial charge on any atom is 0.286 e. The van der Waals surface area contributed by atoms with Gasteiger partial charge in [0.25, 0.3) is 18.2 Å². The van der Waals surface area contributed by atoms with E-state index in [0.29, 0.717) is 11.1 Å². The molecule has 0 saturated carbocycles. The van der Waals surface area contributed by atoms with Crippen molar-refractivity contribution in [2.75, 3.05) is 24.4 Å². The molecule has 0 fully saturated rings. The summed E-state index contributed by atoms with van der Waals surface area (Å²) in [6.45, 7) is 2.12. The number of benzene rings is 1. The number of fused-ring (bicyclic) bond motifs is 1.